The Bertz CT molecular complexity index is 903. The van der Waals surface area contributed by atoms with Crippen LogP contribution in [0.2, 0.25) is 10.0 Å². The van der Waals surface area contributed by atoms with Crippen LogP contribution < -0.4 is 5.56 Å². The van der Waals surface area contributed by atoms with Crippen LogP contribution in [0.3, 0.4) is 0 Å². The molecule has 3 rings (SSSR count). The van der Waals surface area contributed by atoms with E-state index in [1.54, 1.807) is 6.07 Å². The normalized spacial score (nSPS) is 11.3. The van der Waals surface area contributed by atoms with Crippen molar-refractivity contribution in [2.75, 3.05) is 6.54 Å². The Hall–Kier alpha value is -1.88. The Balaban J connectivity index is 1.87. The van der Waals surface area contributed by atoms with Crippen molar-refractivity contribution in [3.63, 3.8) is 0 Å². The second-order valence-electron chi connectivity index (χ2n) is 5.53. The van der Waals surface area contributed by atoms with Gasteiger partial charge in [0.15, 0.2) is 0 Å². The number of hydrogen-bond donors (Lipinski definition) is 1. The molecule has 0 spiro atoms. The van der Waals surface area contributed by atoms with E-state index in [-0.39, 0.29) is 5.56 Å². The zero-order valence-corrected chi connectivity index (χ0v) is 14.7. The van der Waals surface area contributed by atoms with E-state index in [0.717, 1.165) is 12.1 Å². The van der Waals surface area contributed by atoms with Crippen LogP contribution >= 0.6 is 23.2 Å². The summed E-state index contributed by atoms with van der Waals surface area (Å²) in [5.74, 6) is 0.628. The summed E-state index contributed by atoms with van der Waals surface area (Å²) in [6, 6.07) is 12.8. The maximum Gasteiger partial charge on any atom is 0.258 e. The molecule has 0 aliphatic carbocycles. The molecule has 0 atom stereocenters. The summed E-state index contributed by atoms with van der Waals surface area (Å²) < 4.78 is 0. The molecule has 0 saturated carbocycles. The van der Waals surface area contributed by atoms with Crippen molar-refractivity contribution in [3.8, 4) is 0 Å². The molecule has 0 unspecified atom stereocenters. The Morgan fingerprint density at radius 3 is 2.46 bits per heavy atom. The Morgan fingerprint density at radius 1 is 1.04 bits per heavy atom. The number of hydrogen-bond acceptors (Lipinski definition) is 3. The lowest BCUT2D eigenvalue weighted by atomic mass is 10.2. The quantitative estimate of drug-likeness (QED) is 0.738. The third-order valence-electron chi connectivity index (χ3n) is 3.93. The summed E-state index contributed by atoms with van der Waals surface area (Å²) in [5, 5.41) is 1.88. The van der Waals surface area contributed by atoms with E-state index in [0.29, 0.717) is 39.9 Å². The second kappa shape index (κ2) is 7.34. The van der Waals surface area contributed by atoms with Crippen LogP contribution in [0, 0.1) is 0 Å². The highest BCUT2D eigenvalue weighted by atomic mass is 35.5. The first-order valence-electron chi connectivity index (χ1n) is 7.71. The molecule has 24 heavy (non-hydrogen) atoms. The van der Waals surface area contributed by atoms with Crippen LogP contribution in [-0.2, 0) is 13.1 Å². The summed E-state index contributed by atoms with van der Waals surface area (Å²) in [6.45, 7) is 3.92. The molecule has 0 amide bonds. The lowest BCUT2D eigenvalue weighted by Gasteiger charge is -2.21. The standard InChI is InChI=1S/C18H17Cl2N3O/c1-2-23(10-13-14(19)7-5-8-15(13)20)11-17-21-16-9-4-3-6-12(16)18(24)22-17/h3-9H,2,10-11H2,1H3,(H,21,22,24). The molecular weight excluding hydrogens is 345 g/mol. The van der Waals surface area contributed by atoms with E-state index in [1.165, 1.54) is 0 Å². The van der Waals surface area contributed by atoms with Gasteiger partial charge in [0.25, 0.3) is 5.56 Å². The van der Waals surface area contributed by atoms with Gasteiger partial charge in [-0.05, 0) is 30.8 Å². The number of aromatic amines is 1. The summed E-state index contributed by atoms with van der Waals surface area (Å²) in [6.07, 6.45) is 0. The van der Waals surface area contributed by atoms with Gasteiger partial charge in [-0.25, -0.2) is 4.98 Å². The van der Waals surface area contributed by atoms with E-state index in [2.05, 4.69) is 14.9 Å². The van der Waals surface area contributed by atoms with Crippen molar-refractivity contribution in [2.24, 2.45) is 0 Å². The van der Waals surface area contributed by atoms with E-state index in [9.17, 15) is 4.79 Å². The van der Waals surface area contributed by atoms with Crippen LogP contribution in [0.4, 0.5) is 0 Å². The maximum absolute atomic E-state index is 12.2. The first-order valence-corrected chi connectivity index (χ1v) is 8.47. The van der Waals surface area contributed by atoms with Gasteiger partial charge in [-0.2, -0.15) is 0 Å². The SMILES string of the molecule is CCN(Cc1nc2ccccc2c(=O)[nH]1)Cc1c(Cl)cccc1Cl. The molecule has 124 valence electrons. The first-order chi connectivity index (χ1) is 11.6. The fraction of sp³-hybridized carbons (Fsp3) is 0.222. The largest absolute Gasteiger partial charge is 0.309 e. The summed E-state index contributed by atoms with van der Waals surface area (Å²) in [4.78, 5) is 21.7. The van der Waals surface area contributed by atoms with Crippen molar-refractivity contribution in [1.82, 2.24) is 14.9 Å². The average molecular weight is 362 g/mol. The number of fused-ring (bicyclic) bond motifs is 1. The molecule has 1 heterocycles. The molecule has 2 aromatic carbocycles. The number of nitrogens with zero attached hydrogens (tertiary/aromatic N) is 2. The molecule has 3 aromatic rings. The minimum atomic E-state index is -0.123. The lowest BCUT2D eigenvalue weighted by Crippen LogP contribution is -2.25. The van der Waals surface area contributed by atoms with Gasteiger partial charge in [0, 0.05) is 22.2 Å². The van der Waals surface area contributed by atoms with Gasteiger partial charge in [0.1, 0.15) is 5.82 Å². The van der Waals surface area contributed by atoms with Crippen molar-refractivity contribution in [2.45, 2.75) is 20.0 Å². The number of H-pyrrole nitrogens is 1. The van der Waals surface area contributed by atoms with E-state index in [1.807, 2.05) is 43.3 Å². The number of aromatic nitrogens is 2. The topological polar surface area (TPSA) is 49.0 Å². The molecule has 0 fully saturated rings. The van der Waals surface area contributed by atoms with Crippen molar-refractivity contribution in [3.05, 3.63) is 74.3 Å². The van der Waals surface area contributed by atoms with Gasteiger partial charge in [-0.15, -0.1) is 0 Å². The van der Waals surface area contributed by atoms with Crippen molar-refractivity contribution < 1.29 is 0 Å². The van der Waals surface area contributed by atoms with Gasteiger partial charge in [-0.3, -0.25) is 9.69 Å². The van der Waals surface area contributed by atoms with Crippen LogP contribution in [0.5, 0.6) is 0 Å². The van der Waals surface area contributed by atoms with Crippen LogP contribution in [-0.4, -0.2) is 21.4 Å². The Morgan fingerprint density at radius 2 is 1.75 bits per heavy atom. The zero-order chi connectivity index (χ0) is 17.1. The lowest BCUT2D eigenvalue weighted by molar-refractivity contribution is 0.264. The molecule has 6 heteroatoms. The smallest absolute Gasteiger partial charge is 0.258 e. The molecular formula is C18H17Cl2N3O. The van der Waals surface area contributed by atoms with Crippen molar-refractivity contribution >= 4 is 34.1 Å². The third kappa shape index (κ3) is 3.61. The van der Waals surface area contributed by atoms with E-state index in [4.69, 9.17) is 23.2 Å². The fourth-order valence-corrected chi connectivity index (χ4v) is 3.13. The van der Waals surface area contributed by atoms with Gasteiger partial charge in [-0.1, -0.05) is 48.3 Å². The van der Waals surface area contributed by atoms with Crippen LogP contribution in [0.25, 0.3) is 10.9 Å². The highest BCUT2D eigenvalue weighted by Crippen LogP contribution is 2.26. The molecule has 4 nitrogen and oxygen atoms in total. The van der Waals surface area contributed by atoms with Gasteiger partial charge >= 0.3 is 0 Å². The van der Waals surface area contributed by atoms with Crippen LogP contribution in [0.15, 0.2) is 47.3 Å². The molecule has 0 aliphatic heterocycles. The van der Waals surface area contributed by atoms with Crippen LogP contribution in [0.1, 0.15) is 18.3 Å². The zero-order valence-electron chi connectivity index (χ0n) is 13.2. The number of nitrogens with one attached hydrogen (secondary N) is 1. The Labute approximate surface area is 150 Å². The monoisotopic (exact) mass is 361 g/mol. The number of rotatable bonds is 5. The average Bonchev–Trinajstić information content (AvgIpc) is 2.57. The highest BCUT2D eigenvalue weighted by Gasteiger charge is 2.13. The first kappa shape index (κ1) is 17.0. The fourth-order valence-electron chi connectivity index (χ4n) is 2.61. The molecule has 0 radical (unpaired) electrons. The molecule has 0 aliphatic rings. The molecule has 1 aromatic heterocycles. The predicted molar refractivity (Wildman–Crippen MR) is 98.6 cm³/mol. The number of para-hydroxylation sites is 1. The van der Waals surface area contributed by atoms with E-state index < -0.39 is 0 Å². The summed E-state index contributed by atoms with van der Waals surface area (Å²) in [7, 11) is 0. The molecule has 0 bridgehead atoms. The molecule has 0 saturated heterocycles. The summed E-state index contributed by atoms with van der Waals surface area (Å²) >= 11 is 12.5. The van der Waals surface area contributed by atoms with Gasteiger partial charge < -0.3 is 4.98 Å². The predicted octanol–water partition coefficient (Wildman–Crippen LogP) is 4.25. The number of benzene rings is 2. The maximum atomic E-state index is 12.2. The number of halogens is 2. The Kier molecular flexibility index (Phi) is 5.19. The minimum Gasteiger partial charge on any atom is -0.309 e. The van der Waals surface area contributed by atoms with E-state index >= 15 is 0 Å². The molecule has 1 N–H and O–H groups in total. The van der Waals surface area contributed by atoms with Gasteiger partial charge in [0.2, 0.25) is 0 Å². The minimum absolute atomic E-state index is 0.123. The third-order valence-corrected chi connectivity index (χ3v) is 4.63. The highest BCUT2D eigenvalue weighted by molar-refractivity contribution is 6.35. The summed E-state index contributed by atoms with van der Waals surface area (Å²) in [5.41, 5.74) is 1.45. The van der Waals surface area contributed by atoms with Gasteiger partial charge in [0.05, 0.1) is 17.4 Å². The van der Waals surface area contributed by atoms with Crippen molar-refractivity contribution in [1.29, 1.82) is 0 Å². The second-order valence-corrected chi connectivity index (χ2v) is 6.35.